The van der Waals surface area contributed by atoms with E-state index < -0.39 is 0 Å². The van der Waals surface area contributed by atoms with Gasteiger partial charge in [0.15, 0.2) is 0 Å². The number of aromatic nitrogens is 2. The zero-order valence-electron chi connectivity index (χ0n) is 12.4. The first kappa shape index (κ1) is 20.4. The maximum atomic E-state index is 11.5. The molecule has 0 aliphatic heterocycles. The van der Waals surface area contributed by atoms with Crippen LogP contribution in [-0.4, -0.2) is 21.5 Å². The normalized spacial score (nSPS) is 11.0. The molecule has 0 saturated carbocycles. The Hall–Kier alpha value is -1.56. The molecule has 1 unspecified atom stereocenters. The van der Waals surface area contributed by atoms with Crippen molar-refractivity contribution in [2.45, 2.75) is 32.5 Å². The molecule has 2 aromatic rings. The standard InChI is InChI=1S/C15H20N4O.2ClH/c1-12(16)8-15(20)18-9-13-2-4-14(5-3-13)10-19-7-6-17-11-19;;/h2-7,11-12H,8-10,16H2,1H3,(H,18,20);2*1H. The van der Waals surface area contributed by atoms with Gasteiger partial charge in [0, 0.05) is 37.9 Å². The molecule has 7 heteroatoms. The lowest BCUT2D eigenvalue weighted by Gasteiger charge is -2.08. The number of benzene rings is 1. The summed E-state index contributed by atoms with van der Waals surface area (Å²) in [6.07, 6.45) is 5.85. The predicted octanol–water partition coefficient (Wildman–Crippen LogP) is 2.13. The molecule has 5 nitrogen and oxygen atoms in total. The van der Waals surface area contributed by atoms with Crippen molar-refractivity contribution in [1.29, 1.82) is 0 Å². The molecule has 0 saturated heterocycles. The molecule has 1 aromatic heterocycles. The van der Waals surface area contributed by atoms with Crippen LogP contribution in [-0.2, 0) is 17.9 Å². The van der Waals surface area contributed by atoms with E-state index in [1.807, 2.05) is 29.8 Å². The molecule has 0 spiro atoms. The van der Waals surface area contributed by atoms with Crippen LogP contribution in [0, 0.1) is 0 Å². The molecular formula is C15H22Cl2N4O. The zero-order valence-corrected chi connectivity index (χ0v) is 14.1. The molecule has 0 bridgehead atoms. The highest BCUT2D eigenvalue weighted by molar-refractivity contribution is 5.85. The third-order valence-electron chi connectivity index (χ3n) is 2.94. The number of amides is 1. The Labute approximate surface area is 143 Å². The monoisotopic (exact) mass is 344 g/mol. The van der Waals surface area contributed by atoms with Crippen LogP contribution in [0.2, 0.25) is 0 Å². The van der Waals surface area contributed by atoms with Crippen molar-refractivity contribution in [3.63, 3.8) is 0 Å². The first-order valence-corrected chi connectivity index (χ1v) is 6.69. The summed E-state index contributed by atoms with van der Waals surface area (Å²) in [5.41, 5.74) is 7.86. The van der Waals surface area contributed by atoms with Crippen LogP contribution in [0.5, 0.6) is 0 Å². The van der Waals surface area contributed by atoms with E-state index in [1.54, 1.807) is 12.5 Å². The molecule has 0 aliphatic rings. The smallest absolute Gasteiger partial charge is 0.221 e. The second-order valence-corrected chi connectivity index (χ2v) is 5.01. The number of carbonyl (C=O) groups is 1. The van der Waals surface area contributed by atoms with Crippen LogP contribution in [0.4, 0.5) is 0 Å². The van der Waals surface area contributed by atoms with E-state index in [2.05, 4.69) is 22.4 Å². The van der Waals surface area contributed by atoms with Crippen molar-refractivity contribution in [3.8, 4) is 0 Å². The number of halogens is 2. The average molecular weight is 345 g/mol. The topological polar surface area (TPSA) is 72.9 Å². The lowest BCUT2D eigenvalue weighted by Crippen LogP contribution is -2.29. The minimum Gasteiger partial charge on any atom is -0.352 e. The molecule has 1 atom stereocenters. The third kappa shape index (κ3) is 6.93. The van der Waals surface area contributed by atoms with E-state index in [0.29, 0.717) is 13.0 Å². The fourth-order valence-corrected chi connectivity index (χ4v) is 1.92. The fraction of sp³-hybridized carbons (Fsp3) is 0.333. The summed E-state index contributed by atoms with van der Waals surface area (Å²) in [7, 11) is 0. The van der Waals surface area contributed by atoms with Gasteiger partial charge in [-0.15, -0.1) is 24.8 Å². The summed E-state index contributed by atoms with van der Waals surface area (Å²) < 4.78 is 2.01. The second-order valence-electron chi connectivity index (χ2n) is 5.01. The van der Waals surface area contributed by atoms with Crippen molar-refractivity contribution < 1.29 is 4.79 Å². The highest BCUT2D eigenvalue weighted by Gasteiger charge is 2.04. The SMILES string of the molecule is CC(N)CC(=O)NCc1ccc(Cn2ccnc2)cc1.Cl.Cl. The van der Waals surface area contributed by atoms with E-state index >= 15 is 0 Å². The summed E-state index contributed by atoms with van der Waals surface area (Å²) in [5.74, 6) is -0.0116. The van der Waals surface area contributed by atoms with Gasteiger partial charge in [-0.05, 0) is 18.1 Å². The van der Waals surface area contributed by atoms with E-state index in [-0.39, 0.29) is 36.8 Å². The van der Waals surface area contributed by atoms with Crippen molar-refractivity contribution in [3.05, 3.63) is 54.1 Å². The summed E-state index contributed by atoms with van der Waals surface area (Å²) >= 11 is 0. The Morgan fingerprint density at radius 3 is 2.45 bits per heavy atom. The highest BCUT2D eigenvalue weighted by atomic mass is 35.5. The van der Waals surface area contributed by atoms with Crippen molar-refractivity contribution >= 4 is 30.7 Å². The van der Waals surface area contributed by atoms with E-state index in [4.69, 9.17) is 5.73 Å². The number of nitrogens with zero attached hydrogens (tertiary/aromatic N) is 2. The number of carbonyl (C=O) groups excluding carboxylic acids is 1. The van der Waals surface area contributed by atoms with Gasteiger partial charge in [0.25, 0.3) is 0 Å². The molecule has 1 aromatic carbocycles. The quantitative estimate of drug-likeness (QED) is 0.842. The molecule has 1 amide bonds. The molecule has 22 heavy (non-hydrogen) atoms. The number of nitrogens with two attached hydrogens (primary N) is 1. The van der Waals surface area contributed by atoms with Gasteiger partial charge in [-0.3, -0.25) is 4.79 Å². The molecule has 0 fully saturated rings. The minimum absolute atomic E-state index is 0. The average Bonchev–Trinajstić information content (AvgIpc) is 2.90. The highest BCUT2D eigenvalue weighted by Crippen LogP contribution is 2.06. The van der Waals surface area contributed by atoms with Gasteiger partial charge < -0.3 is 15.6 Å². The first-order chi connectivity index (χ1) is 9.63. The number of hydrogen-bond donors (Lipinski definition) is 2. The van der Waals surface area contributed by atoms with Crippen LogP contribution >= 0.6 is 24.8 Å². The van der Waals surface area contributed by atoms with E-state index in [0.717, 1.165) is 12.1 Å². The third-order valence-corrected chi connectivity index (χ3v) is 2.94. The van der Waals surface area contributed by atoms with Gasteiger partial charge in [-0.25, -0.2) is 4.98 Å². The molecule has 2 rings (SSSR count). The Balaban J connectivity index is 0.00000220. The van der Waals surface area contributed by atoms with Crippen molar-refractivity contribution in [1.82, 2.24) is 14.9 Å². The molecule has 122 valence electrons. The maximum absolute atomic E-state index is 11.5. The Bertz CT molecular complexity index is 541. The van der Waals surface area contributed by atoms with Gasteiger partial charge >= 0.3 is 0 Å². The number of rotatable bonds is 6. The van der Waals surface area contributed by atoms with E-state index in [9.17, 15) is 4.79 Å². The van der Waals surface area contributed by atoms with E-state index in [1.165, 1.54) is 5.56 Å². The number of nitrogens with one attached hydrogen (secondary N) is 1. The molecule has 3 N–H and O–H groups in total. The lowest BCUT2D eigenvalue weighted by molar-refractivity contribution is -0.121. The lowest BCUT2D eigenvalue weighted by atomic mass is 10.1. The molecule has 0 radical (unpaired) electrons. The summed E-state index contributed by atoms with van der Waals surface area (Å²) in [4.78, 5) is 15.5. The van der Waals surface area contributed by atoms with Crippen LogP contribution < -0.4 is 11.1 Å². The van der Waals surface area contributed by atoms with Crippen molar-refractivity contribution in [2.75, 3.05) is 0 Å². The number of hydrogen-bond acceptors (Lipinski definition) is 3. The Morgan fingerprint density at radius 1 is 1.27 bits per heavy atom. The molecule has 0 aliphatic carbocycles. The largest absolute Gasteiger partial charge is 0.352 e. The van der Waals surface area contributed by atoms with Gasteiger partial charge in [0.1, 0.15) is 0 Å². The van der Waals surface area contributed by atoms with Crippen LogP contribution in [0.1, 0.15) is 24.5 Å². The Morgan fingerprint density at radius 2 is 1.91 bits per heavy atom. The van der Waals surface area contributed by atoms with Gasteiger partial charge in [0.05, 0.1) is 6.33 Å². The van der Waals surface area contributed by atoms with Gasteiger partial charge in [-0.2, -0.15) is 0 Å². The predicted molar refractivity (Wildman–Crippen MR) is 92.4 cm³/mol. The number of imidazole rings is 1. The van der Waals surface area contributed by atoms with Crippen LogP contribution in [0.25, 0.3) is 0 Å². The summed E-state index contributed by atoms with van der Waals surface area (Å²) in [5, 5.41) is 2.86. The summed E-state index contributed by atoms with van der Waals surface area (Å²) in [6, 6.07) is 8.07. The molecule has 1 heterocycles. The second kappa shape index (κ2) is 10.2. The summed E-state index contributed by atoms with van der Waals surface area (Å²) in [6.45, 7) is 3.17. The van der Waals surface area contributed by atoms with Crippen LogP contribution in [0.15, 0.2) is 43.0 Å². The first-order valence-electron chi connectivity index (χ1n) is 6.69. The minimum atomic E-state index is -0.104. The van der Waals surface area contributed by atoms with Gasteiger partial charge in [-0.1, -0.05) is 24.3 Å². The maximum Gasteiger partial charge on any atom is 0.221 e. The van der Waals surface area contributed by atoms with Crippen LogP contribution in [0.3, 0.4) is 0 Å². The molecular weight excluding hydrogens is 323 g/mol. The Kier molecular flexibility index (Phi) is 9.49. The van der Waals surface area contributed by atoms with Gasteiger partial charge in [0.2, 0.25) is 5.91 Å². The fourth-order valence-electron chi connectivity index (χ4n) is 1.92. The van der Waals surface area contributed by atoms with Crippen molar-refractivity contribution in [2.24, 2.45) is 5.73 Å². The zero-order chi connectivity index (χ0) is 14.4.